The van der Waals surface area contributed by atoms with E-state index >= 15 is 0 Å². The molecule has 2 unspecified atom stereocenters. The number of rotatable bonds is 1. The van der Waals surface area contributed by atoms with Crippen molar-refractivity contribution in [3.05, 3.63) is 45.6 Å². The van der Waals surface area contributed by atoms with Crippen molar-refractivity contribution in [2.45, 2.75) is 112 Å². The first-order chi connectivity index (χ1) is 13.9. The van der Waals surface area contributed by atoms with E-state index in [9.17, 15) is 0 Å². The van der Waals surface area contributed by atoms with Gasteiger partial charge in [0, 0.05) is 11.8 Å². The van der Waals surface area contributed by atoms with E-state index in [2.05, 4.69) is 37.7 Å². The van der Waals surface area contributed by atoms with Crippen LogP contribution >= 0.6 is 0 Å². The molecule has 2 aromatic rings. The summed E-state index contributed by atoms with van der Waals surface area (Å²) in [4.78, 5) is 18.7. The zero-order valence-electron chi connectivity index (χ0n) is 19.9. The van der Waals surface area contributed by atoms with Crippen molar-refractivity contribution in [2.75, 3.05) is 0 Å². The molecule has 4 rings (SSSR count). The standard InChI is InChI=1S/C12H18N2.C11H16N2.C2H6/c1-4-10-9(3)13-12-8(2)6-5-7-11(12)14-10;1-7-5-4-6-10-11(7)13-9(3)8(2)12-10;1-2/h8H,4-7H2,1-3H3;7H,4-6H2,1-3H3;1-2H3. The van der Waals surface area contributed by atoms with Crippen LogP contribution in [0.25, 0.3) is 0 Å². The molecule has 2 atom stereocenters. The maximum atomic E-state index is 4.72. The Morgan fingerprint density at radius 3 is 1.66 bits per heavy atom. The van der Waals surface area contributed by atoms with Crippen LogP contribution in [0.5, 0.6) is 0 Å². The van der Waals surface area contributed by atoms with Gasteiger partial charge in [0.1, 0.15) is 0 Å². The average Bonchev–Trinajstić information content (AvgIpc) is 2.72. The topological polar surface area (TPSA) is 51.6 Å². The first-order valence-electron chi connectivity index (χ1n) is 11.6. The summed E-state index contributed by atoms with van der Waals surface area (Å²) in [6.45, 7) is 16.8. The number of hydrogen-bond acceptors (Lipinski definition) is 4. The SMILES string of the molecule is CC.CCc1nc2c(nc1C)C(C)CCC2.Cc1nc2c(nc1C)C(C)CCC2. The van der Waals surface area contributed by atoms with Crippen molar-refractivity contribution < 1.29 is 0 Å². The van der Waals surface area contributed by atoms with Gasteiger partial charge in [-0.3, -0.25) is 19.9 Å². The molecule has 0 bridgehead atoms. The summed E-state index contributed by atoms with van der Waals surface area (Å²) in [5, 5.41) is 0. The van der Waals surface area contributed by atoms with Gasteiger partial charge in [-0.05, 0) is 65.7 Å². The van der Waals surface area contributed by atoms with Crippen molar-refractivity contribution in [3.8, 4) is 0 Å². The van der Waals surface area contributed by atoms with Gasteiger partial charge in [-0.25, -0.2) is 0 Å². The van der Waals surface area contributed by atoms with Gasteiger partial charge in [-0.2, -0.15) is 0 Å². The molecule has 0 fully saturated rings. The second-order valence-electron chi connectivity index (χ2n) is 8.25. The van der Waals surface area contributed by atoms with Crippen LogP contribution in [0.1, 0.15) is 118 Å². The van der Waals surface area contributed by atoms with Gasteiger partial charge >= 0.3 is 0 Å². The molecule has 2 heterocycles. The predicted molar refractivity (Wildman–Crippen MR) is 122 cm³/mol. The van der Waals surface area contributed by atoms with Crippen LogP contribution in [0.15, 0.2) is 0 Å². The Morgan fingerprint density at radius 2 is 1.14 bits per heavy atom. The third kappa shape index (κ3) is 5.61. The molecule has 0 amide bonds. The van der Waals surface area contributed by atoms with Crippen LogP contribution in [-0.2, 0) is 19.3 Å². The molecule has 0 saturated carbocycles. The van der Waals surface area contributed by atoms with Gasteiger partial charge in [-0.1, -0.05) is 34.6 Å². The van der Waals surface area contributed by atoms with Gasteiger partial charge in [0.2, 0.25) is 0 Å². The maximum absolute atomic E-state index is 4.72. The number of nitrogens with zero attached hydrogens (tertiary/aromatic N) is 4. The largest absolute Gasteiger partial charge is 0.254 e. The molecule has 2 aliphatic carbocycles. The van der Waals surface area contributed by atoms with Gasteiger partial charge < -0.3 is 0 Å². The highest BCUT2D eigenvalue weighted by molar-refractivity contribution is 5.25. The van der Waals surface area contributed by atoms with E-state index in [1.807, 2.05) is 27.7 Å². The molecule has 2 aliphatic rings. The highest BCUT2D eigenvalue weighted by Gasteiger charge is 2.21. The minimum Gasteiger partial charge on any atom is -0.254 e. The number of aromatic nitrogens is 4. The van der Waals surface area contributed by atoms with Crippen LogP contribution in [0.2, 0.25) is 0 Å². The van der Waals surface area contributed by atoms with E-state index in [1.165, 1.54) is 54.2 Å². The zero-order chi connectivity index (χ0) is 21.6. The molecular weight excluding hydrogens is 356 g/mol. The van der Waals surface area contributed by atoms with Crippen LogP contribution < -0.4 is 0 Å². The van der Waals surface area contributed by atoms with Crippen LogP contribution in [0.4, 0.5) is 0 Å². The van der Waals surface area contributed by atoms with E-state index in [4.69, 9.17) is 9.97 Å². The molecule has 0 aliphatic heterocycles. The molecule has 4 nitrogen and oxygen atoms in total. The second kappa shape index (κ2) is 10.8. The van der Waals surface area contributed by atoms with Gasteiger partial charge in [-0.15, -0.1) is 0 Å². The lowest BCUT2D eigenvalue weighted by molar-refractivity contribution is 0.555. The smallest absolute Gasteiger partial charge is 0.0650 e. The number of hydrogen-bond donors (Lipinski definition) is 0. The molecule has 0 N–H and O–H groups in total. The summed E-state index contributed by atoms with van der Waals surface area (Å²) in [6.07, 6.45) is 8.32. The van der Waals surface area contributed by atoms with Gasteiger partial charge in [0.05, 0.1) is 45.6 Å². The summed E-state index contributed by atoms with van der Waals surface area (Å²) in [7, 11) is 0. The van der Waals surface area contributed by atoms with E-state index in [0.717, 1.165) is 36.3 Å². The lowest BCUT2D eigenvalue weighted by Gasteiger charge is -2.21. The fourth-order valence-electron chi connectivity index (χ4n) is 4.19. The average molecular weight is 397 g/mol. The summed E-state index contributed by atoms with van der Waals surface area (Å²) >= 11 is 0. The molecule has 0 aromatic carbocycles. The summed E-state index contributed by atoms with van der Waals surface area (Å²) in [5.41, 5.74) is 9.48. The molecule has 0 saturated heterocycles. The highest BCUT2D eigenvalue weighted by Crippen LogP contribution is 2.29. The Morgan fingerprint density at radius 1 is 0.690 bits per heavy atom. The van der Waals surface area contributed by atoms with Crippen molar-refractivity contribution >= 4 is 0 Å². The van der Waals surface area contributed by atoms with Crippen molar-refractivity contribution in [1.29, 1.82) is 0 Å². The monoisotopic (exact) mass is 396 g/mol. The Labute approximate surface area is 178 Å². The molecule has 160 valence electrons. The first kappa shape index (κ1) is 23.4. The van der Waals surface area contributed by atoms with E-state index in [-0.39, 0.29) is 0 Å². The van der Waals surface area contributed by atoms with Crippen LogP contribution in [-0.4, -0.2) is 19.9 Å². The van der Waals surface area contributed by atoms with Crippen LogP contribution in [0.3, 0.4) is 0 Å². The fraction of sp³-hybridized carbons (Fsp3) is 0.680. The lowest BCUT2D eigenvalue weighted by atomic mass is 9.90. The normalized spacial score (nSPS) is 19.7. The van der Waals surface area contributed by atoms with E-state index < -0.39 is 0 Å². The second-order valence-corrected chi connectivity index (χ2v) is 8.25. The first-order valence-corrected chi connectivity index (χ1v) is 11.6. The highest BCUT2D eigenvalue weighted by atomic mass is 14.9. The van der Waals surface area contributed by atoms with Crippen molar-refractivity contribution in [3.63, 3.8) is 0 Å². The predicted octanol–water partition coefficient (Wildman–Crippen LogP) is 6.35. The third-order valence-electron chi connectivity index (χ3n) is 6.05. The summed E-state index contributed by atoms with van der Waals surface area (Å²) in [5.74, 6) is 1.21. The summed E-state index contributed by atoms with van der Waals surface area (Å²) in [6, 6.07) is 0. The third-order valence-corrected chi connectivity index (χ3v) is 6.05. The summed E-state index contributed by atoms with van der Waals surface area (Å²) < 4.78 is 0. The number of aryl methyl sites for hydroxylation is 6. The van der Waals surface area contributed by atoms with E-state index in [0.29, 0.717) is 11.8 Å². The van der Waals surface area contributed by atoms with Gasteiger partial charge in [0.25, 0.3) is 0 Å². The Bertz CT molecular complexity index is 813. The fourth-order valence-corrected chi connectivity index (χ4v) is 4.19. The Hall–Kier alpha value is -1.84. The minimum atomic E-state index is 0.607. The molecule has 2 aromatic heterocycles. The Kier molecular flexibility index (Phi) is 8.73. The zero-order valence-corrected chi connectivity index (χ0v) is 19.9. The van der Waals surface area contributed by atoms with Crippen molar-refractivity contribution in [1.82, 2.24) is 19.9 Å². The van der Waals surface area contributed by atoms with Crippen LogP contribution in [0, 0.1) is 20.8 Å². The molecule has 0 spiro atoms. The van der Waals surface area contributed by atoms with Crippen molar-refractivity contribution in [2.24, 2.45) is 0 Å². The maximum Gasteiger partial charge on any atom is 0.0650 e. The quantitative estimate of drug-likeness (QED) is 0.564. The van der Waals surface area contributed by atoms with E-state index in [1.54, 1.807) is 0 Å². The lowest BCUT2D eigenvalue weighted by Crippen LogP contribution is -2.14. The molecule has 4 heteroatoms. The molecular formula is C25H40N4. The Balaban J connectivity index is 0.000000191. The van der Waals surface area contributed by atoms with Gasteiger partial charge in [0.15, 0.2) is 0 Å². The molecule has 0 radical (unpaired) electrons. The minimum absolute atomic E-state index is 0.607. The number of fused-ring (bicyclic) bond motifs is 2. The molecule has 29 heavy (non-hydrogen) atoms.